The Bertz CT molecular complexity index is 898. The third kappa shape index (κ3) is 6.38. The summed E-state index contributed by atoms with van der Waals surface area (Å²) in [5.41, 5.74) is 1.54. The molecule has 1 atom stereocenters. The van der Waals surface area contributed by atoms with E-state index in [1.165, 1.54) is 0 Å². The highest BCUT2D eigenvalue weighted by Gasteiger charge is 2.38. The first-order chi connectivity index (χ1) is 14.8. The average molecular weight is 404 g/mol. The van der Waals surface area contributed by atoms with Gasteiger partial charge >= 0.3 is 0 Å². The number of hydrogen-bond donors (Lipinski definition) is 1. The van der Waals surface area contributed by atoms with E-state index in [4.69, 9.17) is 14.6 Å². The molecule has 0 spiro atoms. The summed E-state index contributed by atoms with van der Waals surface area (Å²) < 4.78 is 45.5. The lowest BCUT2D eigenvalue weighted by atomic mass is 10.0. The van der Waals surface area contributed by atoms with Crippen molar-refractivity contribution < 1.29 is 14.6 Å². The largest absolute Gasteiger partial charge is 0.544 e. The molecule has 0 bridgehead atoms. The minimum absolute atomic E-state index is 0.00981. The molecule has 154 valence electrons. The van der Waals surface area contributed by atoms with Crippen molar-refractivity contribution in [1.82, 2.24) is 5.32 Å². The standard InChI is InChI=1S/C24H37NO2Si/c1-8-21(25-18-20-11-13-22(26-5)14-12-20)17-19-9-15-23(16-10-19)27-28(6,7)24(2,3)4/h9-16,21,25H,8,17-18H2,1-7H3/i9D,10D,15D,16D. The molecule has 0 aliphatic carbocycles. The van der Waals surface area contributed by atoms with Crippen LogP contribution >= 0.6 is 0 Å². The zero-order valence-electron chi connectivity index (χ0n) is 22.3. The van der Waals surface area contributed by atoms with Crippen LogP contribution in [0.4, 0.5) is 0 Å². The highest BCUT2D eigenvalue weighted by molar-refractivity contribution is 6.74. The third-order valence-corrected chi connectivity index (χ3v) is 9.84. The average Bonchev–Trinajstić information content (AvgIpc) is 2.74. The number of rotatable bonds is 9. The quantitative estimate of drug-likeness (QED) is 0.506. The molecule has 0 heterocycles. The maximum absolute atomic E-state index is 8.55. The monoisotopic (exact) mass is 403 g/mol. The van der Waals surface area contributed by atoms with Crippen molar-refractivity contribution in [3.63, 3.8) is 0 Å². The fraction of sp³-hybridized carbons (Fsp3) is 0.500. The Kier molecular flexibility index (Phi) is 5.88. The molecule has 2 aromatic rings. The summed E-state index contributed by atoms with van der Waals surface area (Å²) in [5.74, 6) is 0.888. The van der Waals surface area contributed by atoms with Crippen molar-refractivity contribution >= 4 is 8.32 Å². The van der Waals surface area contributed by atoms with Crippen LogP contribution in [0.1, 0.15) is 50.7 Å². The van der Waals surface area contributed by atoms with E-state index >= 15 is 0 Å². The fourth-order valence-electron chi connectivity index (χ4n) is 2.50. The fourth-order valence-corrected chi connectivity index (χ4v) is 3.42. The normalized spacial score (nSPS) is 15.2. The van der Waals surface area contributed by atoms with Gasteiger partial charge in [-0.15, -0.1) is 0 Å². The Balaban J connectivity index is 2.24. The van der Waals surface area contributed by atoms with Gasteiger partial charge < -0.3 is 14.5 Å². The molecule has 3 nitrogen and oxygen atoms in total. The molecule has 0 aliphatic heterocycles. The van der Waals surface area contributed by atoms with E-state index in [0.29, 0.717) is 18.5 Å². The van der Waals surface area contributed by atoms with Crippen LogP contribution in [0.25, 0.3) is 0 Å². The van der Waals surface area contributed by atoms with Crippen molar-refractivity contribution in [1.29, 1.82) is 0 Å². The Hall–Kier alpha value is -1.78. The molecule has 0 saturated heterocycles. The molecule has 0 fully saturated rings. The van der Waals surface area contributed by atoms with E-state index in [1.54, 1.807) is 7.11 Å². The first kappa shape index (κ1) is 17.1. The minimum atomic E-state index is -2.30. The summed E-state index contributed by atoms with van der Waals surface area (Å²) in [6, 6.07) is 7.67. The first-order valence-electron chi connectivity index (χ1n) is 12.0. The molecule has 1 unspecified atom stereocenters. The lowest BCUT2D eigenvalue weighted by Crippen LogP contribution is -2.43. The van der Waals surface area contributed by atoms with E-state index < -0.39 is 8.32 Å². The van der Waals surface area contributed by atoms with Crippen molar-refractivity contribution in [3.05, 3.63) is 59.6 Å². The first-order valence-corrected chi connectivity index (χ1v) is 12.9. The van der Waals surface area contributed by atoms with Crippen LogP contribution in [0.3, 0.4) is 0 Å². The molecule has 28 heavy (non-hydrogen) atoms. The SMILES string of the molecule is [2H]c1c([2H])c(O[Si](C)(C)C(C)(C)C)c([2H])c([2H])c1CC(CC)NCc1ccc(OC)cc1. The van der Waals surface area contributed by atoms with Gasteiger partial charge in [0.25, 0.3) is 0 Å². The summed E-state index contributed by atoms with van der Waals surface area (Å²) in [7, 11) is -0.656. The summed E-state index contributed by atoms with van der Waals surface area (Å²) in [5, 5.41) is 3.38. The van der Waals surface area contributed by atoms with Gasteiger partial charge in [-0.2, -0.15) is 0 Å². The van der Waals surface area contributed by atoms with Crippen LogP contribution in [0.15, 0.2) is 48.4 Å². The Labute approximate surface area is 178 Å². The second-order valence-corrected chi connectivity index (χ2v) is 13.4. The van der Waals surface area contributed by atoms with Crippen molar-refractivity contribution in [2.24, 2.45) is 0 Å². The Morgan fingerprint density at radius 3 is 2.11 bits per heavy atom. The zero-order chi connectivity index (χ0) is 24.3. The van der Waals surface area contributed by atoms with Gasteiger partial charge in [-0.25, -0.2) is 0 Å². The molecule has 0 amide bonds. The van der Waals surface area contributed by atoms with E-state index in [9.17, 15) is 0 Å². The minimum Gasteiger partial charge on any atom is -0.544 e. The number of methoxy groups -OCH3 is 1. The lowest BCUT2D eigenvalue weighted by molar-refractivity contribution is 0.414. The predicted octanol–water partition coefficient (Wildman–Crippen LogP) is 6.19. The molecule has 1 N–H and O–H groups in total. The molecule has 4 heteroatoms. The predicted molar refractivity (Wildman–Crippen MR) is 122 cm³/mol. The van der Waals surface area contributed by atoms with Crippen LogP contribution in [-0.4, -0.2) is 21.5 Å². The van der Waals surface area contributed by atoms with Gasteiger partial charge in [0.05, 0.1) is 12.6 Å². The van der Waals surface area contributed by atoms with Crippen LogP contribution in [0.5, 0.6) is 11.5 Å². The third-order valence-electron chi connectivity index (χ3n) is 5.51. The van der Waals surface area contributed by atoms with Crippen molar-refractivity contribution in [3.8, 4) is 11.5 Å². The maximum atomic E-state index is 8.55. The molecular weight excluding hydrogens is 362 g/mol. The van der Waals surface area contributed by atoms with Gasteiger partial charge in [-0.05, 0) is 66.3 Å². The molecule has 0 saturated carbocycles. The van der Waals surface area contributed by atoms with Crippen molar-refractivity contribution in [2.75, 3.05) is 7.11 Å². The highest BCUT2D eigenvalue weighted by atomic mass is 28.4. The molecule has 0 radical (unpaired) electrons. The van der Waals surface area contributed by atoms with E-state index in [1.807, 2.05) is 37.4 Å². The highest BCUT2D eigenvalue weighted by Crippen LogP contribution is 2.37. The van der Waals surface area contributed by atoms with Crippen LogP contribution < -0.4 is 14.5 Å². The van der Waals surface area contributed by atoms with Gasteiger partial charge in [-0.1, -0.05) is 51.9 Å². The number of nitrogens with one attached hydrogen (secondary N) is 1. The summed E-state index contributed by atoms with van der Waals surface area (Å²) in [4.78, 5) is 0. The molecule has 0 aromatic heterocycles. The van der Waals surface area contributed by atoms with E-state index in [0.717, 1.165) is 17.7 Å². The number of ether oxygens (including phenoxy) is 1. The van der Waals surface area contributed by atoms with Gasteiger partial charge in [0, 0.05) is 12.6 Å². The molecule has 2 rings (SSSR count). The Morgan fingerprint density at radius 1 is 1.00 bits per heavy atom. The van der Waals surface area contributed by atoms with Gasteiger partial charge in [-0.3, -0.25) is 0 Å². The molecular formula is C24H37NO2Si. The molecule has 0 aliphatic rings. The van der Waals surface area contributed by atoms with Crippen LogP contribution in [-0.2, 0) is 13.0 Å². The second-order valence-electron chi connectivity index (χ2n) is 8.71. The Morgan fingerprint density at radius 2 is 1.61 bits per heavy atom. The zero-order valence-corrected chi connectivity index (χ0v) is 19.3. The second kappa shape index (κ2) is 9.62. The summed E-state index contributed by atoms with van der Waals surface area (Å²) >= 11 is 0. The number of benzene rings is 2. The van der Waals surface area contributed by atoms with Gasteiger partial charge in [0.2, 0.25) is 8.32 Å². The maximum Gasteiger partial charge on any atom is 0.250 e. The van der Waals surface area contributed by atoms with Crippen LogP contribution in [0.2, 0.25) is 18.1 Å². The summed E-state index contributed by atoms with van der Waals surface area (Å²) in [6.45, 7) is 13.1. The van der Waals surface area contributed by atoms with Crippen LogP contribution in [0, 0.1) is 0 Å². The van der Waals surface area contributed by atoms with Gasteiger partial charge in [0.1, 0.15) is 11.5 Å². The lowest BCUT2D eigenvalue weighted by Gasteiger charge is -2.36. The van der Waals surface area contributed by atoms with E-state index in [-0.39, 0.29) is 41.0 Å². The van der Waals surface area contributed by atoms with E-state index in [2.05, 4.69) is 33.0 Å². The topological polar surface area (TPSA) is 30.5 Å². The molecule has 2 aromatic carbocycles. The van der Waals surface area contributed by atoms with Crippen molar-refractivity contribution in [2.45, 2.75) is 71.3 Å². The van der Waals surface area contributed by atoms with Gasteiger partial charge in [0.15, 0.2) is 0 Å². The summed E-state index contributed by atoms with van der Waals surface area (Å²) in [6.07, 6.45) is 1.22. The number of hydrogen-bond acceptors (Lipinski definition) is 3. The smallest absolute Gasteiger partial charge is 0.250 e.